The lowest BCUT2D eigenvalue weighted by Crippen LogP contribution is -2.61. The van der Waals surface area contributed by atoms with Crippen LogP contribution in [0.3, 0.4) is 0 Å². The molecule has 0 bridgehead atoms. The molecule has 18 N–H and O–H groups in total. The third-order valence-electron chi connectivity index (χ3n) is 7.72. The molecule has 0 aromatic heterocycles. The minimum absolute atomic E-state index is 0.0178. The summed E-state index contributed by atoms with van der Waals surface area (Å²) in [6, 6.07) is -10.4. The Kier molecular flexibility index (Phi) is 23.4. The van der Waals surface area contributed by atoms with Crippen LogP contribution in [-0.2, 0) is 38.4 Å². The summed E-state index contributed by atoms with van der Waals surface area (Å²) in [7, 11) is 0. The molecule has 0 aliphatic carbocycles. The van der Waals surface area contributed by atoms with E-state index in [4.69, 9.17) is 22.9 Å². The van der Waals surface area contributed by atoms with Gasteiger partial charge in [-0.3, -0.25) is 38.6 Å². The van der Waals surface area contributed by atoms with Crippen LogP contribution < -0.4 is 54.8 Å². The smallest absolute Gasteiger partial charge is 0.326 e. The molecular weight excluding hydrogens is 730 g/mol. The lowest BCUT2D eigenvalue weighted by atomic mass is 10.0. The first-order valence-corrected chi connectivity index (χ1v) is 17.6. The molecule has 0 fully saturated rings. The maximum atomic E-state index is 13.4. The topological polar surface area (TPSA) is 406 Å². The second kappa shape index (κ2) is 25.8. The Bertz CT molecular complexity index is 1340. The minimum Gasteiger partial charge on any atom is -0.480 e. The Morgan fingerprint density at radius 2 is 0.909 bits per heavy atom. The van der Waals surface area contributed by atoms with Crippen LogP contribution in [0.15, 0.2) is 4.99 Å². The van der Waals surface area contributed by atoms with Crippen LogP contribution in [0.2, 0.25) is 0 Å². The number of nitrogens with one attached hydrogen (secondary N) is 6. The van der Waals surface area contributed by atoms with Crippen molar-refractivity contribution in [2.24, 2.45) is 39.8 Å². The Morgan fingerprint density at radius 1 is 0.545 bits per heavy atom. The predicted octanol–water partition coefficient (Wildman–Crippen LogP) is -6.30. The van der Waals surface area contributed by atoms with E-state index in [9.17, 15) is 58.8 Å². The van der Waals surface area contributed by atoms with Gasteiger partial charge in [-0.2, -0.15) is 0 Å². The molecule has 0 unspecified atom stereocenters. The van der Waals surface area contributed by atoms with E-state index in [1.807, 2.05) is 13.8 Å². The number of nitrogens with two attached hydrogens (primary N) is 4. The number of carboxylic acids is 1. The van der Waals surface area contributed by atoms with E-state index >= 15 is 0 Å². The van der Waals surface area contributed by atoms with Crippen LogP contribution >= 0.6 is 0 Å². The maximum Gasteiger partial charge on any atom is 0.326 e. The zero-order valence-corrected chi connectivity index (χ0v) is 31.6. The second-order valence-electron chi connectivity index (χ2n) is 13.6. The van der Waals surface area contributed by atoms with Crippen molar-refractivity contribution in [2.75, 3.05) is 26.4 Å². The van der Waals surface area contributed by atoms with Gasteiger partial charge in [0.25, 0.3) is 0 Å². The number of aliphatic hydroxyl groups is 3. The van der Waals surface area contributed by atoms with Crippen molar-refractivity contribution in [1.29, 1.82) is 0 Å². The van der Waals surface area contributed by atoms with Gasteiger partial charge in [0, 0.05) is 13.0 Å². The molecule has 7 amide bonds. The number of aliphatic imine (C=N–C) groups is 1. The number of aliphatic hydroxyl groups excluding tert-OH is 3. The number of nitrogens with zero attached hydrogens (tertiary/aromatic N) is 1. The molecule has 55 heavy (non-hydrogen) atoms. The molecule has 0 aliphatic rings. The summed E-state index contributed by atoms with van der Waals surface area (Å²) < 4.78 is 0. The van der Waals surface area contributed by atoms with Crippen LogP contribution in [0, 0.1) is 11.8 Å². The van der Waals surface area contributed by atoms with Crippen molar-refractivity contribution in [3.8, 4) is 0 Å². The molecule has 0 radical (unpaired) electrons. The van der Waals surface area contributed by atoms with E-state index in [0.29, 0.717) is 6.42 Å². The highest BCUT2D eigenvalue weighted by Gasteiger charge is 2.33. The third-order valence-corrected chi connectivity index (χ3v) is 7.72. The molecule has 7 atom stereocenters. The van der Waals surface area contributed by atoms with Crippen LogP contribution in [0.25, 0.3) is 0 Å². The Morgan fingerprint density at radius 3 is 1.27 bits per heavy atom. The first-order chi connectivity index (χ1) is 25.7. The summed E-state index contributed by atoms with van der Waals surface area (Å²) in [5.41, 5.74) is 21.9. The summed E-state index contributed by atoms with van der Waals surface area (Å²) in [4.78, 5) is 105. The largest absolute Gasteiger partial charge is 0.480 e. The Labute approximate surface area is 318 Å². The SMILES string of the molecule is CC(C)C[C@H](NC(=O)[C@H](CO)NC(=O)[C@H](CO)NC(=O)[C@H](CO)NC(=O)[C@H](CCC(N)=O)NC(=O)[C@H](CCCN=C(N)N)NC(=O)[C@@H](N)CC(C)C)C(=O)O. The highest BCUT2D eigenvalue weighted by atomic mass is 16.4. The van der Waals surface area contributed by atoms with Crippen molar-refractivity contribution in [1.82, 2.24) is 31.9 Å². The fraction of sp³-hybridized carbons (Fsp3) is 0.719. The maximum absolute atomic E-state index is 13.4. The molecule has 23 heteroatoms. The fourth-order valence-corrected chi connectivity index (χ4v) is 4.86. The highest BCUT2D eigenvalue weighted by Crippen LogP contribution is 2.08. The molecule has 0 saturated carbocycles. The van der Waals surface area contributed by atoms with Gasteiger partial charge in [0.15, 0.2) is 5.96 Å². The van der Waals surface area contributed by atoms with Crippen molar-refractivity contribution >= 4 is 53.3 Å². The number of carbonyl (C=O) groups excluding carboxylic acids is 7. The number of guanidine groups is 1. The van der Waals surface area contributed by atoms with Gasteiger partial charge in [0.1, 0.15) is 36.3 Å². The van der Waals surface area contributed by atoms with Crippen molar-refractivity contribution < 1.29 is 58.8 Å². The third kappa shape index (κ3) is 20.2. The lowest BCUT2D eigenvalue weighted by molar-refractivity contribution is -0.143. The van der Waals surface area contributed by atoms with Gasteiger partial charge in [-0.25, -0.2) is 4.79 Å². The van der Waals surface area contributed by atoms with Gasteiger partial charge in [-0.1, -0.05) is 27.7 Å². The number of primary amides is 1. The molecule has 23 nitrogen and oxygen atoms in total. The number of aliphatic carboxylic acids is 1. The monoisotopic (exact) mass is 789 g/mol. The van der Waals surface area contributed by atoms with Gasteiger partial charge in [-0.05, 0) is 43.9 Å². The summed E-state index contributed by atoms with van der Waals surface area (Å²) in [5, 5.41) is 52.3. The van der Waals surface area contributed by atoms with E-state index in [1.165, 1.54) is 0 Å². The predicted molar refractivity (Wildman–Crippen MR) is 196 cm³/mol. The zero-order valence-electron chi connectivity index (χ0n) is 31.6. The molecule has 314 valence electrons. The van der Waals surface area contributed by atoms with Gasteiger partial charge in [0.2, 0.25) is 41.4 Å². The molecule has 0 rings (SSSR count). The summed E-state index contributed by atoms with van der Waals surface area (Å²) in [5.74, 6) is -8.62. The molecule has 0 aromatic carbocycles. The first-order valence-electron chi connectivity index (χ1n) is 17.6. The summed E-state index contributed by atoms with van der Waals surface area (Å²) in [6.45, 7) is 4.07. The Hall–Kier alpha value is -5.13. The summed E-state index contributed by atoms with van der Waals surface area (Å²) in [6.07, 6.45) is -0.299. The van der Waals surface area contributed by atoms with Gasteiger partial charge < -0.3 is 75.3 Å². The number of carboxylic acid groups (broad SMARTS) is 1. The van der Waals surface area contributed by atoms with Crippen LogP contribution in [0.1, 0.15) is 66.2 Å². The minimum atomic E-state index is -1.81. The van der Waals surface area contributed by atoms with Gasteiger partial charge in [-0.15, -0.1) is 0 Å². The normalized spacial score (nSPS) is 14.9. The zero-order chi connectivity index (χ0) is 42.4. The van der Waals surface area contributed by atoms with Crippen LogP contribution in [0.4, 0.5) is 0 Å². The lowest BCUT2D eigenvalue weighted by Gasteiger charge is -2.26. The van der Waals surface area contributed by atoms with E-state index < -0.39 is 116 Å². The second-order valence-corrected chi connectivity index (χ2v) is 13.6. The van der Waals surface area contributed by atoms with Crippen LogP contribution in [0.5, 0.6) is 0 Å². The van der Waals surface area contributed by atoms with Gasteiger partial charge >= 0.3 is 5.97 Å². The Balaban J connectivity index is 5.95. The van der Waals surface area contributed by atoms with E-state index in [0.717, 1.165) is 0 Å². The van der Waals surface area contributed by atoms with E-state index in [-0.39, 0.29) is 50.0 Å². The molecule has 0 aromatic rings. The quantitative estimate of drug-likeness (QED) is 0.0209. The number of rotatable bonds is 27. The number of amides is 7. The van der Waals surface area contributed by atoms with Crippen molar-refractivity contribution in [3.05, 3.63) is 0 Å². The fourth-order valence-electron chi connectivity index (χ4n) is 4.86. The highest BCUT2D eigenvalue weighted by molar-refractivity contribution is 5.97. The van der Waals surface area contributed by atoms with Gasteiger partial charge in [0.05, 0.1) is 25.9 Å². The van der Waals surface area contributed by atoms with Crippen LogP contribution in [-0.4, -0.2) is 142 Å². The van der Waals surface area contributed by atoms with Crippen molar-refractivity contribution in [2.45, 2.75) is 109 Å². The van der Waals surface area contributed by atoms with E-state index in [1.54, 1.807) is 13.8 Å². The molecule has 0 aliphatic heterocycles. The molecule has 0 spiro atoms. The number of hydrogen-bond acceptors (Lipinski definition) is 13. The molecule has 0 saturated heterocycles. The average Bonchev–Trinajstić information content (AvgIpc) is 3.09. The first kappa shape index (κ1) is 49.9. The number of hydrogen-bond donors (Lipinski definition) is 14. The number of carbonyl (C=O) groups is 8. The summed E-state index contributed by atoms with van der Waals surface area (Å²) >= 11 is 0. The molecule has 0 heterocycles. The standard InChI is InChI=1S/C32H59N11O12/c1-15(2)10-17(33)25(48)38-18(6-5-9-37-32(35)36)26(49)39-19(7-8-24(34)47)27(50)41-22(13-45)29(52)43-23(14-46)30(53)42-21(12-44)28(51)40-20(31(54)55)11-16(3)4/h15-23,44-46H,5-14,33H2,1-4H3,(H2,34,47)(H,38,48)(H,39,49)(H,40,51)(H,41,50)(H,42,53)(H,43,52)(H,54,55)(H4,35,36,37)/t17-,18-,19-,20-,21-,22-,23-/m0/s1. The van der Waals surface area contributed by atoms with Crippen molar-refractivity contribution in [3.63, 3.8) is 0 Å². The van der Waals surface area contributed by atoms with E-state index in [2.05, 4.69) is 36.9 Å². The molecular formula is C32H59N11O12. The average molecular weight is 790 g/mol.